The van der Waals surface area contributed by atoms with Crippen molar-refractivity contribution in [2.45, 2.75) is 33.4 Å². The summed E-state index contributed by atoms with van der Waals surface area (Å²) in [6, 6.07) is 6.41. The van der Waals surface area contributed by atoms with Gasteiger partial charge in [-0.25, -0.2) is 19.3 Å². The third-order valence-electron chi connectivity index (χ3n) is 4.68. The molecule has 0 unspecified atom stereocenters. The van der Waals surface area contributed by atoms with Crippen molar-refractivity contribution in [2.75, 3.05) is 11.9 Å². The van der Waals surface area contributed by atoms with E-state index in [1.165, 1.54) is 12.1 Å². The second-order valence-electron chi connectivity index (χ2n) is 6.81. The first-order valence-electron chi connectivity index (χ1n) is 9.26. The van der Waals surface area contributed by atoms with Crippen molar-refractivity contribution in [1.82, 2.24) is 29.7 Å². The summed E-state index contributed by atoms with van der Waals surface area (Å²) in [7, 11) is 1.90. The van der Waals surface area contributed by atoms with Crippen LogP contribution in [0.4, 0.5) is 10.3 Å². The quantitative estimate of drug-likeness (QED) is 0.553. The number of rotatable bonds is 6. The first kappa shape index (κ1) is 18.1. The zero-order valence-corrected chi connectivity index (χ0v) is 16.1. The van der Waals surface area contributed by atoms with Crippen LogP contribution >= 0.6 is 0 Å². The molecule has 3 aromatic heterocycles. The average Bonchev–Trinajstić information content (AvgIpc) is 3.25. The highest BCUT2D eigenvalue weighted by Crippen LogP contribution is 2.23. The Hall–Kier alpha value is -3.29. The van der Waals surface area contributed by atoms with Crippen molar-refractivity contribution in [2.24, 2.45) is 0 Å². The predicted octanol–water partition coefficient (Wildman–Crippen LogP) is 3.71. The molecule has 3 heterocycles. The number of nitrogens with zero attached hydrogens (tertiary/aromatic N) is 6. The van der Waals surface area contributed by atoms with Gasteiger partial charge in [0.15, 0.2) is 0 Å². The van der Waals surface area contributed by atoms with Crippen LogP contribution in [0.3, 0.4) is 0 Å². The molecule has 28 heavy (non-hydrogen) atoms. The second kappa shape index (κ2) is 7.38. The van der Waals surface area contributed by atoms with Gasteiger partial charge in [-0.3, -0.25) is 4.68 Å². The van der Waals surface area contributed by atoms with Crippen LogP contribution in [0.1, 0.15) is 24.9 Å². The van der Waals surface area contributed by atoms with Gasteiger partial charge in [0.2, 0.25) is 5.95 Å². The number of hydrogen-bond acceptors (Lipinski definition) is 5. The summed E-state index contributed by atoms with van der Waals surface area (Å²) in [6.07, 6.45) is 4.63. The lowest BCUT2D eigenvalue weighted by Gasteiger charge is -2.16. The topological polar surface area (TPSA) is 75.5 Å². The van der Waals surface area contributed by atoms with Crippen molar-refractivity contribution in [1.29, 1.82) is 0 Å². The largest absolute Gasteiger partial charge is 0.340 e. The minimum atomic E-state index is -0.286. The lowest BCUT2D eigenvalue weighted by atomic mass is 10.2. The van der Waals surface area contributed by atoms with Crippen molar-refractivity contribution >= 4 is 17.0 Å². The molecule has 0 aliphatic carbocycles. The Morgan fingerprint density at radius 2 is 2.07 bits per heavy atom. The van der Waals surface area contributed by atoms with E-state index in [-0.39, 0.29) is 5.82 Å². The number of anilines is 1. The highest BCUT2D eigenvalue weighted by molar-refractivity contribution is 5.75. The molecule has 144 valence electrons. The van der Waals surface area contributed by atoms with E-state index in [0.29, 0.717) is 18.0 Å². The molecule has 0 amide bonds. The fourth-order valence-electron chi connectivity index (χ4n) is 3.22. The second-order valence-corrected chi connectivity index (χ2v) is 6.81. The lowest BCUT2D eigenvalue weighted by Crippen LogP contribution is -2.20. The van der Waals surface area contributed by atoms with E-state index in [9.17, 15) is 4.39 Å². The van der Waals surface area contributed by atoms with Gasteiger partial charge in [0, 0.05) is 31.0 Å². The Morgan fingerprint density at radius 3 is 2.89 bits per heavy atom. The summed E-state index contributed by atoms with van der Waals surface area (Å²) in [5, 5.41) is 4.45. The summed E-state index contributed by atoms with van der Waals surface area (Å²) < 4.78 is 15.4. The molecule has 0 bridgehead atoms. The van der Waals surface area contributed by atoms with E-state index >= 15 is 0 Å². The molecule has 0 spiro atoms. The maximum absolute atomic E-state index is 13.4. The average molecular weight is 379 g/mol. The van der Waals surface area contributed by atoms with Crippen molar-refractivity contribution in [3.8, 4) is 11.3 Å². The summed E-state index contributed by atoms with van der Waals surface area (Å²) in [5.74, 6) is 1.03. The van der Waals surface area contributed by atoms with Crippen molar-refractivity contribution < 1.29 is 4.39 Å². The maximum Gasteiger partial charge on any atom is 0.226 e. The van der Waals surface area contributed by atoms with Gasteiger partial charge in [-0.05, 0) is 37.6 Å². The van der Waals surface area contributed by atoms with Gasteiger partial charge in [-0.15, -0.1) is 0 Å². The van der Waals surface area contributed by atoms with E-state index in [0.717, 1.165) is 41.3 Å². The van der Waals surface area contributed by atoms with Gasteiger partial charge in [-0.1, -0.05) is 6.92 Å². The number of fused-ring (bicyclic) bond motifs is 1. The summed E-state index contributed by atoms with van der Waals surface area (Å²) in [5.41, 5.74) is 4.34. The summed E-state index contributed by atoms with van der Waals surface area (Å²) in [4.78, 5) is 18.6. The van der Waals surface area contributed by atoms with E-state index in [4.69, 9.17) is 4.98 Å². The molecule has 4 rings (SSSR count). The predicted molar refractivity (Wildman–Crippen MR) is 106 cm³/mol. The zero-order valence-electron chi connectivity index (χ0n) is 16.1. The van der Waals surface area contributed by atoms with Gasteiger partial charge in [0.25, 0.3) is 0 Å². The lowest BCUT2D eigenvalue weighted by molar-refractivity contribution is 0.587. The number of halogens is 1. The fourth-order valence-corrected chi connectivity index (χ4v) is 3.22. The van der Waals surface area contributed by atoms with Gasteiger partial charge in [-0.2, -0.15) is 5.10 Å². The molecule has 0 atom stereocenters. The van der Waals surface area contributed by atoms with Crippen LogP contribution in [0, 0.1) is 12.7 Å². The number of aromatic amines is 1. The molecule has 1 aromatic carbocycles. The summed E-state index contributed by atoms with van der Waals surface area (Å²) >= 11 is 0. The molecule has 0 aliphatic rings. The molecule has 7 nitrogen and oxygen atoms in total. The Labute approximate surface area is 162 Å². The van der Waals surface area contributed by atoms with Crippen LogP contribution in [-0.2, 0) is 13.1 Å². The minimum absolute atomic E-state index is 0.286. The van der Waals surface area contributed by atoms with Crippen LogP contribution in [0.5, 0.6) is 0 Å². The van der Waals surface area contributed by atoms with Gasteiger partial charge >= 0.3 is 0 Å². The molecule has 8 heteroatoms. The SMILES string of the molecule is CCCn1ncc(-c2ccnc(N(C)Cc3nc4ccc(F)cc4[nH]3)n2)c1C. The molecule has 4 aromatic rings. The summed E-state index contributed by atoms with van der Waals surface area (Å²) in [6.45, 7) is 5.55. The van der Waals surface area contributed by atoms with Gasteiger partial charge in [0.1, 0.15) is 11.6 Å². The molecular weight excluding hydrogens is 357 g/mol. The Morgan fingerprint density at radius 1 is 1.21 bits per heavy atom. The number of benzene rings is 1. The first-order chi connectivity index (χ1) is 13.5. The molecule has 0 aliphatic heterocycles. The zero-order chi connectivity index (χ0) is 19.7. The normalized spacial score (nSPS) is 11.3. The standard InChI is InChI=1S/C20H22FN7/c1-4-9-28-13(2)15(11-23-28)16-7-8-22-20(26-16)27(3)12-19-24-17-6-5-14(21)10-18(17)25-19/h5-8,10-11H,4,9,12H2,1-3H3,(H,24,25). The van der Waals surface area contributed by atoms with E-state index in [1.807, 2.05) is 28.9 Å². The van der Waals surface area contributed by atoms with E-state index in [2.05, 4.69) is 33.9 Å². The maximum atomic E-state index is 13.4. The monoisotopic (exact) mass is 379 g/mol. The number of hydrogen-bond donors (Lipinski definition) is 1. The highest BCUT2D eigenvalue weighted by atomic mass is 19.1. The van der Waals surface area contributed by atoms with Crippen molar-refractivity contribution in [3.05, 3.63) is 54.0 Å². The third-order valence-corrected chi connectivity index (χ3v) is 4.68. The molecule has 0 saturated heterocycles. The fraction of sp³-hybridized carbons (Fsp3) is 0.300. The van der Waals surface area contributed by atoms with Crippen LogP contribution < -0.4 is 4.90 Å². The number of H-pyrrole nitrogens is 1. The molecular formula is C20H22FN7. The van der Waals surface area contributed by atoms with Crippen LogP contribution in [0.25, 0.3) is 22.3 Å². The minimum Gasteiger partial charge on any atom is -0.340 e. The Kier molecular flexibility index (Phi) is 4.77. The number of imidazole rings is 1. The van der Waals surface area contributed by atoms with E-state index in [1.54, 1.807) is 12.3 Å². The third kappa shape index (κ3) is 3.45. The number of aryl methyl sites for hydroxylation is 1. The highest BCUT2D eigenvalue weighted by Gasteiger charge is 2.13. The number of aromatic nitrogens is 6. The van der Waals surface area contributed by atoms with E-state index < -0.39 is 0 Å². The Balaban J connectivity index is 1.58. The molecule has 0 fully saturated rings. The van der Waals surface area contributed by atoms with Gasteiger partial charge in [0.05, 0.1) is 29.5 Å². The van der Waals surface area contributed by atoms with Crippen LogP contribution in [-0.4, -0.2) is 36.8 Å². The smallest absolute Gasteiger partial charge is 0.226 e. The first-order valence-corrected chi connectivity index (χ1v) is 9.26. The number of nitrogens with one attached hydrogen (secondary N) is 1. The van der Waals surface area contributed by atoms with Gasteiger partial charge < -0.3 is 9.88 Å². The molecule has 0 radical (unpaired) electrons. The van der Waals surface area contributed by atoms with Crippen LogP contribution in [0.2, 0.25) is 0 Å². The van der Waals surface area contributed by atoms with Crippen LogP contribution in [0.15, 0.2) is 36.7 Å². The Bertz CT molecular complexity index is 1110. The van der Waals surface area contributed by atoms with Crippen molar-refractivity contribution in [3.63, 3.8) is 0 Å². The molecule has 1 N–H and O–H groups in total. The molecule has 0 saturated carbocycles.